The summed E-state index contributed by atoms with van der Waals surface area (Å²) >= 11 is 0. The SMILES string of the molecule is COc1cc(S(=O)(=O)OS(c2ccccc2)(c2ccccc2)c2ccc(C(C)(C)C)cc2)ccc1OS(=O)(=O)c1ccc(C)cc1. The van der Waals surface area contributed by atoms with Crippen molar-refractivity contribution in [2.75, 3.05) is 7.11 Å². The first kappa shape index (κ1) is 33.3. The summed E-state index contributed by atoms with van der Waals surface area (Å²) in [6.07, 6.45) is 0. The Balaban J connectivity index is 1.62. The quantitative estimate of drug-likeness (QED) is 0.137. The molecule has 5 aromatic rings. The summed E-state index contributed by atoms with van der Waals surface area (Å²) in [6, 6.07) is 36.4. The molecule has 7 nitrogen and oxygen atoms in total. The molecule has 0 fully saturated rings. The van der Waals surface area contributed by atoms with Crippen LogP contribution in [0.3, 0.4) is 0 Å². The van der Waals surface area contributed by atoms with E-state index in [1.54, 1.807) is 12.1 Å². The summed E-state index contributed by atoms with van der Waals surface area (Å²) in [5, 5.41) is 0. The third-order valence-electron chi connectivity index (χ3n) is 7.33. The van der Waals surface area contributed by atoms with Gasteiger partial charge in [-0.1, -0.05) is 87.0 Å². The van der Waals surface area contributed by atoms with Gasteiger partial charge in [0.2, 0.25) is 0 Å². The van der Waals surface area contributed by atoms with Crippen LogP contribution in [0.15, 0.2) is 152 Å². The third kappa shape index (κ3) is 6.85. The standard InChI is InChI=1S/C36H36O7S3/c1-27-16-20-32(21-17-27)45(37,38)42-34-25-24-33(26-35(34)41-5)46(39,40)43-44(29-12-8-6-9-13-29,30-14-10-7-11-15-30)31-22-18-28(19-23-31)36(2,3)4/h6-26H,1-5H3. The Morgan fingerprint density at radius 1 is 0.522 bits per heavy atom. The zero-order valence-corrected chi connectivity index (χ0v) is 28.7. The monoisotopic (exact) mass is 676 g/mol. The molecule has 46 heavy (non-hydrogen) atoms. The first-order chi connectivity index (χ1) is 21.8. The highest BCUT2D eigenvalue weighted by atomic mass is 32.3. The van der Waals surface area contributed by atoms with Crippen LogP contribution in [-0.2, 0) is 29.3 Å². The predicted molar refractivity (Wildman–Crippen MR) is 181 cm³/mol. The smallest absolute Gasteiger partial charge is 0.339 e. The molecule has 0 aromatic heterocycles. The lowest BCUT2D eigenvalue weighted by atomic mass is 9.87. The van der Waals surface area contributed by atoms with Gasteiger partial charge in [-0.25, -0.2) is 3.63 Å². The Labute approximate surface area is 273 Å². The fourth-order valence-corrected chi connectivity index (χ4v) is 11.0. The van der Waals surface area contributed by atoms with Gasteiger partial charge in [-0.05, 0) is 88.9 Å². The van der Waals surface area contributed by atoms with Gasteiger partial charge >= 0.3 is 20.2 Å². The average Bonchev–Trinajstić information content (AvgIpc) is 3.04. The molecule has 0 amide bonds. The first-order valence-electron chi connectivity index (χ1n) is 14.5. The molecule has 0 unspecified atom stereocenters. The van der Waals surface area contributed by atoms with Gasteiger partial charge in [0.15, 0.2) is 11.5 Å². The van der Waals surface area contributed by atoms with Gasteiger partial charge in [0.05, 0.1) is 12.0 Å². The molecular weight excluding hydrogens is 641 g/mol. The highest BCUT2D eigenvalue weighted by molar-refractivity contribution is 8.33. The van der Waals surface area contributed by atoms with E-state index in [1.807, 2.05) is 91.9 Å². The lowest BCUT2D eigenvalue weighted by Crippen LogP contribution is -2.16. The Morgan fingerprint density at radius 2 is 1.00 bits per heavy atom. The van der Waals surface area contributed by atoms with Crippen molar-refractivity contribution >= 4 is 30.5 Å². The van der Waals surface area contributed by atoms with Crippen molar-refractivity contribution in [3.8, 4) is 11.5 Å². The number of methoxy groups -OCH3 is 1. The molecule has 240 valence electrons. The fraction of sp³-hybridized carbons (Fsp3) is 0.167. The number of ether oxygens (including phenoxy) is 1. The van der Waals surface area contributed by atoms with Crippen molar-refractivity contribution in [1.82, 2.24) is 0 Å². The minimum Gasteiger partial charge on any atom is -0.493 e. The highest BCUT2D eigenvalue weighted by Crippen LogP contribution is 2.70. The van der Waals surface area contributed by atoms with Crippen molar-refractivity contribution in [1.29, 1.82) is 0 Å². The number of benzene rings is 5. The maximum Gasteiger partial charge on any atom is 0.339 e. The van der Waals surface area contributed by atoms with Crippen LogP contribution in [0.1, 0.15) is 31.9 Å². The molecule has 0 aliphatic heterocycles. The van der Waals surface area contributed by atoms with Gasteiger partial charge in [0, 0.05) is 20.8 Å². The molecule has 0 heterocycles. The van der Waals surface area contributed by atoms with Crippen molar-refractivity contribution in [2.45, 2.75) is 57.6 Å². The molecule has 0 radical (unpaired) electrons. The molecule has 0 saturated heterocycles. The van der Waals surface area contributed by atoms with Crippen molar-refractivity contribution < 1.29 is 29.4 Å². The van der Waals surface area contributed by atoms with E-state index in [9.17, 15) is 16.8 Å². The molecule has 0 N–H and O–H groups in total. The van der Waals surface area contributed by atoms with E-state index in [1.165, 1.54) is 37.4 Å². The van der Waals surface area contributed by atoms with Gasteiger partial charge < -0.3 is 8.92 Å². The topological polar surface area (TPSA) is 96.0 Å². The molecule has 5 aromatic carbocycles. The fourth-order valence-electron chi connectivity index (χ4n) is 4.81. The van der Waals surface area contributed by atoms with Crippen LogP contribution in [0.2, 0.25) is 0 Å². The Hall–Kier alpha value is -4.09. The Kier molecular flexibility index (Phi) is 9.38. The zero-order chi connectivity index (χ0) is 33.2. The predicted octanol–water partition coefficient (Wildman–Crippen LogP) is 8.67. The van der Waals surface area contributed by atoms with Crippen LogP contribution in [0.4, 0.5) is 0 Å². The number of hydrogen-bond acceptors (Lipinski definition) is 7. The molecule has 0 aliphatic rings. The van der Waals surface area contributed by atoms with Gasteiger partial charge in [0.25, 0.3) is 0 Å². The number of rotatable bonds is 10. The summed E-state index contributed by atoms with van der Waals surface area (Å²) < 4.78 is 71.8. The maximum atomic E-state index is 14.3. The summed E-state index contributed by atoms with van der Waals surface area (Å²) in [5.74, 6) is -0.251. The molecule has 0 bridgehead atoms. The van der Waals surface area contributed by atoms with E-state index in [-0.39, 0.29) is 26.7 Å². The summed E-state index contributed by atoms with van der Waals surface area (Å²) in [5.41, 5.74) is 1.87. The van der Waals surface area contributed by atoms with Crippen LogP contribution in [0.25, 0.3) is 0 Å². The maximum absolute atomic E-state index is 14.3. The molecule has 0 spiro atoms. The Morgan fingerprint density at radius 3 is 1.50 bits per heavy atom. The normalized spacial score (nSPS) is 12.8. The second kappa shape index (κ2) is 13.0. The summed E-state index contributed by atoms with van der Waals surface area (Å²) in [4.78, 5) is 1.79. The third-order valence-corrected chi connectivity index (χ3v) is 13.7. The summed E-state index contributed by atoms with van der Waals surface area (Å²) in [7, 11) is -10.3. The van der Waals surface area contributed by atoms with E-state index < -0.39 is 30.5 Å². The van der Waals surface area contributed by atoms with Crippen LogP contribution in [0, 0.1) is 6.92 Å². The molecular formula is C36H36O7S3. The van der Waals surface area contributed by atoms with Crippen LogP contribution in [-0.4, -0.2) is 23.9 Å². The average molecular weight is 677 g/mol. The minimum absolute atomic E-state index is 0.0447. The first-order valence-corrected chi connectivity index (χ1v) is 18.8. The number of hydrogen-bond donors (Lipinski definition) is 0. The van der Waals surface area contributed by atoms with E-state index >= 15 is 0 Å². The molecule has 10 heteroatoms. The van der Waals surface area contributed by atoms with Gasteiger partial charge in [-0.3, -0.25) is 0 Å². The highest BCUT2D eigenvalue weighted by Gasteiger charge is 2.39. The second-order valence-corrected chi connectivity index (χ2v) is 17.6. The zero-order valence-electron chi connectivity index (χ0n) is 26.2. The second-order valence-electron chi connectivity index (χ2n) is 11.6. The number of aryl methyl sites for hydroxylation is 1. The molecule has 5 rings (SSSR count). The van der Waals surface area contributed by atoms with E-state index in [0.717, 1.165) is 11.1 Å². The van der Waals surface area contributed by atoms with Crippen molar-refractivity contribution in [3.05, 3.63) is 139 Å². The van der Waals surface area contributed by atoms with Crippen molar-refractivity contribution in [2.24, 2.45) is 0 Å². The van der Waals surface area contributed by atoms with Crippen LogP contribution < -0.4 is 8.92 Å². The largest absolute Gasteiger partial charge is 0.493 e. The summed E-state index contributed by atoms with van der Waals surface area (Å²) in [6.45, 7) is 8.19. The van der Waals surface area contributed by atoms with Crippen molar-refractivity contribution in [3.63, 3.8) is 0 Å². The van der Waals surface area contributed by atoms with Gasteiger partial charge in [-0.15, -0.1) is 0 Å². The Bertz CT molecular complexity index is 1980. The van der Waals surface area contributed by atoms with Gasteiger partial charge in [-0.2, -0.15) is 16.8 Å². The van der Waals surface area contributed by atoms with E-state index in [4.69, 9.17) is 12.5 Å². The van der Waals surface area contributed by atoms with E-state index in [0.29, 0.717) is 14.7 Å². The minimum atomic E-state index is -4.50. The lowest BCUT2D eigenvalue weighted by Gasteiger charge is -2.39. The van der Waals surface area contributed by atoms with Crippen LogP contribution >= 0.6 is 10.3 Å². The molecule has 0 saturated carbocycles. The lowest BCUT2D eigenvalue weighted by molar-refractivity contribution is 0.389. The van der Waals surface area contributed by atoms with E-state index in [2.05, 4.69) is 20.8 Å². The van der Waals surface area contributed by atoms with Crippen LogP contribution in [0.5, 0.6) is 11.5 Å². The molecule has 0 aliphatic carbocycles. The van der Waals surface area contributed by atoms with Gasteiger partial charge in [0.1, 0.15) is 4.90 Å². The molecule has 0 atom stereocenters.